The molecule has 2 aliphatic carbocycles. The molecule has 0 saturated carbocycles. The van der Waals surface area contributed by atoms with E-state index < -0.39 is 11.3 Å². The summed E-state index contributed by atoms with van der Waals surface area (Å²) in [5, 5.41) is 41.1. The SMILES string of the molecule is COc1cccc([C@@H]2[C@H]3C[C@H](C(C)(C)C)CC=C3C(C#N)=C(N)C2(C#N)C#N)c1O. The number of hydrogen-bond acceptors (Lipinski definition) is 6. The number of nitrogens with zero attached hydrogens (tertiary/aromatic N) is 3. The molecular weight excluding hydrogens is 376 g/mol. The van der Waals surface area contributed by atoms with Crippen LogP contribution in [0.15, 0.2) is 41.1 Å². The molecule has 3 atom stereocenters. The predicted molar refractivity (Wildman–Crippen MR) is 112 cm³/mol. The van der Waals surface area contributed by atoms with E-state index in [1.165, 1.54) is 7.11 Å². The van der Waals surface area contributed by atoms with Crippen LogP contribution >= 0.6 is 0 Å². The van der Waals surface area contributed by atoms with Crippen molar-refractivity contribution in [2.45, 2.75) is 39.5 Å². The van der Waals surface area contributed by atoms with Crippen LogP contribution in [0.1, 0.15) is 45.1 Å². The number of hydrogen-bond donors (Lipinski definition) is 2. The fourth-order valence-corrected chi connectivity index (χ4v) is 4.90. The van der Waals surface area contributed by atoms with Gasteiger partial charge in [0.15, 0.2) is 16.9 Å². The summed E-state index contributed by atoms with van der Waals surface area (Å²) in [5.41, 5.74) is 5.94. The van der Waals surface area contributed by atoms with Gasteiger partial charge in [-0.1, -0.05) is 39.0 Å². The lowest BCUT2D eigenvalue weighted by atomic mass is 9.54. The summed E-state index contributed by atoms with van der Waals surface area (Å²) in [5.74, 6) is -0.584. The van der Waals surface area contributed by atoms with Gasteiger partial charge < -0.3 is 15.6 Å². The average Bonchev–Trinajstić information content (AvgIpc) is 2.72. The molecule has 0 spiro atoms. The molecule has 1 aromatic rings. The van der Waals surface area contributed by atoms with E-state index in [4.69, 9.17) is 10.5 Å². The van der Waals surface area contributed by atoms with Crippen LogP contribution in [0.25, 0.3) is 0 Å². The van der Waals surface area contributed by atoms with Gasteiger partial charge in [0.05, 0.1) is 30.5 Å². The predicted octanol–water partition coefficient (Wildman–Crippen LogP) is 4.27. The zero-order chi connectivity index (χ0) is 22.3. The number of nitriles is 3. The lowest BCUT2D eigenvalue weighted by molar-refractivity contribution is 0.169. The Kier molecular flexibility index (Phi) is 5.27. The number of nitrogens with two attached hydrogens (primary N) is 1. The first-order valence-corrected chi connectivity index (χ1v) is 9.95. The van der Waals surface area contributed by atoms with Gasteiger partial charge in [0.25, 0.3) is 0 Å². The highest BCUT2D eigenvalue weighted by Gasteiger charge is 2.55. The van der Waals surface area contributed by atoms with Gasteiger partial charge in [-0.25, -0.2) is 0 Å². The van der Waals surface area contributed by atoms with Crippen molar-refractivity contribution in [2.75, 3.05) is 7.11 Å². The number of para-hydroxylation sites is 1. The van der Waals surface area contributed by atoms with E-state index in [9.17, 15) is 20.9 Å². The zero-order valence-corrected chi connectivity index (χ0v) is 17.7. The lowest BCUT2D eigenvalue weighted by Crippen LogP contribution is -2.44. The van der Waals surface area contributed by atoms with Gasteiger partial charge in [-0.2, -0.15) is 15.8 Å². The first kappa shape index (κ1) is 21.3. The van der Waals surface area contributed by atoms with Gasteiger partial charge in [-0.15, -0.1) is 0 Å². The van der Waals surface area contributed by atoms with E-state index in [2.05, 4.69) is 39.0 Å². The first-order valence-electron chi connectivity index (χ1n) is 9.95. The fraction of sp³-hybridized carbons (Fsp3) is 0.458. The molecule has 6 heteroatoms. The molecule has 0 bridgehead atoms. The summed E-state index contributed by atoms with van der Waals surface area (Å²) in [7, 11) is 1.45. The number of phenols is 1. The number of methoxy groups -OCH3 is 1. The fourth-order valence-electron chi connectivity index (χ4n) is 4.90. The normalized spacial score (nSPS) is 25.2. The summed E-state index contributed by atoms with van der Waals surface area (Å²) in [6.07, 6.45) is 3.50. The maximum absolute atomic E-state index is 10.9. The third kappa shape index (κ3) is 2.99. The summed E-state index contributed by atoms with van der Waals surface area (Å²) >= 11 is 0. The first-order chi connectivity index (χ1) is 14.2. The number of phenolic OH excluding ortho intramolecular Hbond substituents is 1. The van der Waals surface area contributed by atoms with Crippen LogP contribution < -0.4 is 10.5 Å². The summed E-state index contributed by atoms with van der Waals surface area (Å²) < 4.78 is 5.27. The minimum atomic E-state index is -1.77. The largest absolute Gasteiger partial charge is 0.504 e. The van der Waals surface area contributed by atoms with E-state index in [-0.39, 0.29) is 40.0 Å². The van der Waals surface area contributed by atoms with Crippen molar-refractivity contribution >= 4 is 0 Å². The number of ether oxygens (including phenoxy) is 1. The number of rotatable bonds is 2. The Labute approximate surface area is 177 Å². The quantitative estimate of drug-likeness (QED) is 0.760. The van der Waals surface area contributed by atoms with Gasteiger partial charge in [0.2, 0.25) is 0 Å². The Morgan fingerprint density at radius 1 is 1.20 bits per heavy atom. The van der Waals surface area contributed by atoms with Crippen LogP contribution in [-0.4, -0.2) is 12.2 Å². The molecule has 0 radical (unpaired) electrons. The zero-order valence-electron chi connectivity index (χ0n) is 17.7. The van der Waals surface area contributed by atoms with Crippen molar-refractivity contribution in [1.29, 1.82) is 15.8 Å². The molecule has 3 rings (SSSR count). The molecule has 1 aromatic carbocycles. The van der Waals surface area contributed by atoms with Crippen LogP contribution in [0.3, 0.4) is 0 Å². The second-order valence-corrected chi connectivity index (χ2v) is 9.11. The van der Waals surface area contributed by atoms with Crippen LogP contribution in [-0.2, 0) is 0 Å². The molecule has 6 nitrogen and oxygen atoms in total. The van der Waals surface area contributed by atoms with E-state index in [1.807, 2.05) is 6.08 Å². The van der Waals surface area contributed by atoms with Crippen LogP contribution in [0.5, 0.6) is 11.5 Å². The Bertz CT molecular complexity index is 1040. The molecule has 0 fully saturated rings. The average molecular weight is 402 g/mol. The summed E-state index contributed by atoms with van der Waals surface area (Å²) in [6.45, 7) is 6.48. The number of benzene rings is 1. The van der Waals surface area contributed by atoms with Crippen LogP contribution in [0.2, 0.25) is 0 Å². The Hall–Kier alpha value is -3.43. The molecule has 30 heavy (non-hydrogen) atoms. The Morgan fingerprint density at radius 2 is 1.87 bits per heavy atom. The highest BCUT2D eigenvalue weighted by molar-refractivity contribution is 5.61. The maximum atomic E-state index is 10.9. The monoisotopic (exact) mass is 402 g/mol. The third-order valence-corrected chi connectivity index (χ3v) is 6.69. The van der Waals surface area contributed by atoms with Gasteiger partial charge in [0, 0.05) is 11.5 Å². The van der Waals surface area contributed by atoms with Crippen molar-refractivity contribution in [3.05, 3.63) is 46.7 Å². The van der Waals surface area contributed by atoms with Crippen LogP contribution in [0, 0.1) is 56.7 Å². The summed E-state index contributed by atoms with van der Waals surface area (Å²) in [6, 6.07) is 11.4. The molecule has 0 aliphatic heterocycles. The van der Waals surface area contributed by atoms with E-state index >= 15 is 0 Å². The molecule has 0 saturated heterocycles. The van der Waals surface area contributed by atoms with Crippen molar-refractivity contribution in [3.63, 3.8) is 0 Å². The van der Waals surface area contributed by atoms with E-state index in [1.54, 1.807) is 18.2 Å². The minimum absolute atomic E-state index is 0.00443. The summed E-state index contributed by atoms with van der Waals surface area (Å²) in [4.78, 5) is 0. The third-order valence-electron chi connectivity index (χ3n) is 6.69. The standard InChI is InChI=1S/C24H26N4O2/c1-23(2,3)14-8-9-15-17(10-14)20(16-6-5-7-19(30-4)21(16)29)24(12-26,13-27)22(28)18(15)11-25/h5-7,9,14,17,20,29H,8,10,28H2,1-4H3/t14-,17+,20-/m1/s1. The Morgan fingerprint density at radius 3 is 2.40 bits per heavy atom. The second kappa shape index (κ2) is 7.43. The maximum Gasteiger partial charge on any atom is 0.191 e. The molecule has 154 valence electrons. The minimum Gasteiger partial charge on any atom is -0.504 e. The smallest absolute Gasteiger partial charge is 0.191 e. The number of allylic oxidation sites excluding steroid dienone is 4. The van der Waals surface area contributed by atoms with Gasteiger partial charge >= 0.3 is 0 Å². The molecule has 3 N–H and O–H groups in total. The second-order valence-electron chi connectivity index (χ2n) is 9.11. The molecule has 0 amide bonds. The molecule has 0 heterocycles. The molecular formula is C24H26N4O2. The van der Waals surface area contributed by atoms with Gasteiger partial charge in [0.1, 0.15) is 6.07 Å². The van der Waals surface area contributed by atoms with E-state index in [0.717, 1.165) is 12.0 Å². The number of aromatic hydroxyl groups is 1. The van der Waals surface area contributed by atoms with Gasteiger partial charge in [-0.3, -0.25) is 0 Å². The topological polar surface area (TPSA) is 127 Å². The molecule has 0 unspecified atom stereocenters. The number of fused-ring (bicyclic) bond motifs is 1. The van der Waals surface area contributed by atoms with Crippen molar-refractivity contribution < 1.29 is 9.84 Å². The molecule has 2 aliphatic rings. The Balaban J connectivity index is 2.35. The lowest BCUT2D eigenvalue weighted by Gasteiger charge is -2.47. The highest BCUT2D eigenvalue weighted by Crippen LogP contribution is 2.59. The highest BCUT2D eigenvalue weighted by atomic mass is 16.5. The van der Waals surface area contributed by atoms with Crippen LogP contribution in [0.4, 0.5) is 0 Å². The molecule has 0 aromatic heterocycles. The van der Waals surface area contributed by atoms with Crippen molar-refractivity contribution in [3.8, 4) is 29.7 Å². The van der Waals surface area contributed by atoms with Gasteiger partial charge in [-0.05, 0) is 41.7 Å². The van der Waals surface area contributed by atoms with E-state index in [0.29, 0.717) is 12.0 Å². The van der Waals surface area contributed by atoms with Crippen molar-refractivity contribution in [2.24, 2.45) is 28.4 Å². The van der Waals surface area contributed by atoms with Crippen molar-refractivity contribution in [1.82, 2.24) is 0 Å².